The fourth-order valence-electron chi connectivity index (χ4n) is 1.80. The summed E-state index contributed by atoms with van der Waals surface area (Å²) in [5.41, 5.74) is 2.35. The van der Waals surface area contributed by atoms with Gasteiger partial charge in [-0.05, 0) is 49.6 Å². The minimum atomic E-state index is -3.75. The molecule has 0 saturated heterocycles. The van der Waals surface area contributed by atoms with E-state index in [1.54, 1.807) is 26.0 Å². The van der Waals surface area contributed by atoms with Crippen molar-refractivity contribution in [1.82, 2.24) is 0 Å². The van der Waals surface area contributed by atoms with Crippen LogP contribution in [0, 0.1) is 20.8 Å². The molecule has 0 amide bonds. The molecule has 0 aliphatic carbocycles. The quantitative estimate of drug-likeness (QED) is 0.840. The topological polar surface area (TPSA) is 66.4 Å². The average Bonchev–Trinajstić information content (AvgIpc) is 2.66. The van der Waals surface area contributed by atoms with E-state index in [1.165, 1.54) is 6.07 Å². The van der Waals surface area contributed by atoms with Crippen LogP contribution in [0.4, 0.5) is 5.69 Å². The van der Waals surface area contributed by atoms with Crippen molar-refractivity contribution in [1.29, 1.82) is 0 Å². The highest BCUT2D eigenvalue weighted by molar-refractivity contribution is 7.94. The highest BCUT2D eigenvalue weighted by Crippen LogP contribution is 2.34. The summed E-state index contributed by atoms with van der Waals surface area (Å²) in [5, 5.41) is 9.94. The van der Waals surface area contributed by atoms with Gasteiger partial charge in [0.15, 0.2) is 0 Å². The van der Waals surface area contributed by atoms with Crippen molar-refractivity contribution in [2.24, 2.45) is 0 Å². The van der Waals surface area contributed by atoms with Gasteiger partial charge in [-0.1, -0.05) is 17.7 Å². The first-order chi connectivity index (χ1) is 9.20. The van der Waals surface area contributed by atoms with E-state index < -0.39 is 10.0 Å². The van der Waals surface area contributed by atoms with Crippen molar-refractivity contribution in [2.75, 3.05) is 4.72 Å². The number of hydrogen-bond donors (Lipinski definition) is 2. The van der Waals surface area contributed by atoms with Gasteiger partial charge in [0, 0.05) is 0 Å². The molecular formula is C13H14ClNO3S2. The van der Waals surface area contributed by atoms with E-state index in [2.05, 4.69) is 4.72 Å². The zero-order valence-corrected chi connectivity index (χ0v) is 13.6. The Morgan fingerprint density at radius 1 is 1.15 bits per heavy atom. The van der Waals surface area contributed by atoms with Crippen LogP contribution < -0.4 is 4.72 Å². The van der Waals surface area contributed by atoms with Crippen molar-refractivity contribution in [3.8, 4) is 5.75 Å². The van der Waals surface area contributed by atoms with Gasteiger partial charge in [-0.25, -0.2) is 8.42 Å². The second-order valence-corrected chi connectivity index (χ2v) is 8.17. The maximum Gasteiger partial charge on any atom is 0.271 e. The van der Waals surface area contributed by atoms with Crippen LogP contribution in [0.2, 0.25) is 4.34 Å². The summed E-state index contributed by atoms with van der Waals surface area (Å²) in [4.78, 5) is 0. The van der Waals surface area contributed by atoms with Crippen molar-refractivity contribution in [2.45, 2.75) is 25.0 Å². The molecule has 7 heteroatoms. The molecule has 0 aliphatic rings. The summed E-state index contributed by atoms with van der Waals surface area (Å²) in [6.07, 6.45) is 0. The average molecular weight is 332 g/mol. The van der Waals surface area contributed by atoms with Gasteiger partial charge in [0.1, 0.15) is 9.96 Å². The minimum absolute atomic E-state index is 0.0708. The molecule has 0 unspecified atom stereocenters. The normalized spacial score (nSPS) is 11.6. The second kappa shape index (κ2) is 5.27. The lowest BCUT2D eigenvalue weighted by Gasteiger charge is -2.11. The molecule has 4 nitrogen and oxygen atoms in total. The molecule has 0 aliphatic heterocycles. The Morgan fingerprint density at radius 3 is 2.35 bits per heavy atom. The van der Waals surface area contributed by atoms with Crippen LogP contribution in [0.25, 0.3) is 0 Å². The van der Waals surface area contributed by atoms with Crippen molar-refractivity contribution in [3.63, 3.8) is 0 Å². The molecule has 0 bridgehead atoms. The Balaban J connectivity index is 2.43. The van der Waals surface area contributed by atoms with Crippen LogP contribution in [-0.4, -0.2) is 13.5 Å². The predicted octanol–water partition coefficient (Wildman–Crippen LogP) is 3.83. The number of halogens is 1. The summed E-state index contributed by atoms with van der Waals surface area (Å²) in [6, 6.07) is 4.87. The third-order valence-electron chi connectivity index (χ3n) is 2.79. The Bertz CT molecular complexity index is 747. The minimum Gasteiger partial charge on any atom is -0.505 e. The maximum absolute atomic E-state index is 12.3. The number of phenols is 1. The summed E-state index contributed by atoms with van der Waals surface area (Å²) >= 11 is 6.89. The molecular weight excluding hydrogens is 318 g/mol. The van der Waals surface area contributed by atoms with Crippen molar-refractivity contribution < 1.29 is 13.5 Å². The summed E-state index contributed by atoms with van der Waals surface area (Å²) in [5.74, 6) is -0.0708. The largest absolute Gasteiger partial charge is 0.505 e. The number of aryl methyl sites for hydroxylation is 3. The zero-order chi connectivity index (χ0) is 15.1. The molecule has 0 fully saturated rings. The number of phenolic OH excluding ortho intramolecular Hbond substituents is 1. The number of rotatable bonds is 3. The molecule has 1 heterocycles. The number of sulfonamides is 1. The van der Waals surface area contributed by atoms with Gasteiger partial charge in [-0.15, -0.1) is 11.3 Å². The van der Waals surface area contributed by atoms with E-state index in [1.807, 2.05) is 6.92 Å². The van der Waals surface area contributed by atoms with Gasteiger partial charge in [-0.2, -0.15) is 0 Å². The number of hydrogen-bond acceptors (Lipinski definition) is 4. The van der Waals surface area contributed by atoms with Crippen LogP contribution in [0.3, 0.4) is 0 Å². The Kier molecular flexibility index (Phi) is 4.00. The summed E-state index contributed by atoms with van der Waals surface area (Å²) in [7, 11) is -3.75. The lowest BCUT2D eigenvalue weighted by atomic mass is 10.1. The molecule has 108 valence electrons. The molecule has 20 heavy (non-hydrogen) atoms. The van der Waals surface area contributed by atoms with Crippen LogP contribution in [0.1, 0.15) is 16.7 Å². The first kappa shape index (κ1) is 15.2. The smallest absolute Gasteiger partial charge is 0.271 e. The van der Waals surface area contributed by atoms with Gasteiger partial charge < -0.3 is 5.11 Å². The highest BCUT2D eigenvalue weighted by atomic mass is 35.5. The number of anilines is 1. The van der Waals surface area contributed by atoms with Crippen molar-refractivity contribution in [3.05, 3.63) is 39.2 Å². The molecule has 0 saturated carbocycles. The van der Waals surface area contributed by atoms with E-state index in [9.17, 15) is 13.5 Å². The lowest BCUT2D eigenvalue weighted by Crippen LogP contribution is -2.12. The van der Waals surface area contributed by atoms with Gasteiger partial charge >= 0.3 is 0 Å². The van der Waals surface area contributed by atoms with Crippen molar-refractivity contribution >= 4 is 38.6 Å². The third kappa shape index (κ3) is 2.92. The number of aromatic hydroxyl groups is 1. The van der Waals surface area contributed by atoms with Crippen LogP contribution in [0.15, 0.2) is 22.4 Å². The lowest BCUT2D eigenvalue weighted by molar-refractivity contribution is 0.473. The third-order valence-corrected chi connectivity index (χ3v) is 6.18. The van der Waals surface area contributed by atoms with E-state index in [-0.39, 0.29) is 15.6 Å². The molecule has 0 radical (unpaired) electrons. The predicted molar refractivity (Wildman–Crippen MR) is 82.5 cm³/mol. The molecule has 2 aromatic rings. The first-order valence-electron chi connectivity index (χ1n) is 5.79. The molecule has 2 rings (SSSR count). The zero-order valence-electron chi connectivity index (χ0n) is 11.2. The number of thiophene rings is 1. The van der Waals surface area contributed by atoms with Gasteiger partial charge in [0.25, 0.3) is 10.0 Å². The summed E-state index contributed by atoms with van der Waals surface area (Å²) in [6.45, 7) is 5.29. The fraction of sp³-hybridized carbons (Fsp3) is 0.231. The van der Waals surface area contributed by atoms with Crippen LogP contribution in [-0.2, 0) is 10.0 Å². The van der Waals surface area contributed by atoms with E-state index in [0.29, 0.717) is 15.5 Å². The molecule has 0 atom stereocenters. The van der Waals surface area contributed by atoms with Gasteiger partial charge in [-0.3, -0.25) is 4.72 Å². The molecule has 1 aromatic heterocycles. The first-order valence-corrected chi connectivity index (χ1v) is 8.47. The molecule has 0 spiro atoms. The SMILES string of the molecule is Cc1cc(C)c(O)c(NS(=O)(=O)c2cc(C)c(Cl)s2)c1. The van der Waals surface area contributed by atoms with E-state index in [0.717, 1.165) is 16.9 Å². The van der Waals surface area contributed by atoms with Crippen LogP contribution in [0.5, 0.6) is 5.75 Å². The highest BCUT2D eigenvalue weighted by Gasteiger charge is 2.20. The molecule has 1 aromatic carbocycles. The fourth-order valence-corrected chi connectivity index (χ4v) is 4.56. The molecule has 2 N–H and O–H groups in total. The van der Waals surface area contributed by atoms with Crippen LogP contribution >= 0.6 is 22.9 Å². The Hall–Kier alpha value is -1.24. The second-order valence-electron chi connectivity index (χ2n) is 4.61. The summed E-state index contributed by atoms with van der Waals surface area (Å²) < 4.78 is 27.5. The standard InChI is InChI=1S/C13H14ClNO3S2/c1-7-4-8(2)12(16)10(5-7)15-20(17,18)11-6-9(3)13(14)19-11/h4-6,15-16H,1-3H3. The van der Waals surface area contributed by atoms with Gasteiger partial charge in [0.2, 0.25) is 0 Å². The van der Waals surface area contributed by atoms with E-state index >= 15 is 0 Å². The Labute approximate surface area is 127 Å². The Morgan fingerprint density at radius 2 is 1.80 bits per heavy atom. The van der Waals surface area contributed by atoms with Gasteiger partial charge in [0.05, 0.1) is 10.0 Å². The maximum atomic E-state index is 12.3. The number of nitrogens with one attached hydrogen (secondary N) is 1. The number of benzene rings is 1. The van der Waals surface area contributed by atoms with E-state index in [4.69, 9.17) is 11.6 Å². The monoisotopic (exact) mass is 331 g/mol.